The Kier molecular flexibility index (Phi) is 4.51. The number of carbonyl (C=O) groups is 1. The second-order valence-corrected chi connectivity index (χ2v) is 5.68. The highest BCUT2D eigenvalue weighted by Gasteiger charge is 2.32. The molecule has 1 heterocycles. The van der Waals surface area contributed by atoms with Crippen LogP contribution >= 0.6 is 0 Å². The zero-order valence-corrected chi connectivity index (χ0v) is 13.8. The summed E-state index contributed by atoms with van der Waals surface area (Å²) in [4.78, 5) is 12.3. The van der Waals surface area contributed by atoms with E-state index in [1.54, 1.807) is 30.3 Å². The zero-order valence-electron chi connectivity index (χ0n) is 13.8. The predicted molar refractivity (Wildman–Crippen MR) is 92.1 cm³/mol. The number of rotatable bonds is 4. The quantitative estimate of drug-likeness (QED) is 0.936. The third kappa shape index (κ3) is 3.11. The van der Waals surface area contributed by atoms with E-state index in [9.17, 15) is 9.90 Å². The van der Waals surface area contributed by atoms with E-state index in [2.05, 4.69) is 5.10 Å². The summed E-state index contributed by atoms with van der Waals surface area (Å²) in [5.41, 5.74) is 2.64. The van der Waals surface area contributed by atoms with Crippen molar-refractivity contribution in [2.75, 3.05) is 7.11 Å². The average Bonchev–Trinajstić information content (AvgIpc) is 3.06. The van der Waals surface area contributed by atoms with Crippen molar-refractivity contribution in [2.24, 2.45) is 5.10 Å². The third-order valence-electron chi connectivity index (χ3n) is 4.15. The summed E-state index contributed by atoms with van der Waals surface area (Å²) in [6.07, 6.45) is 1.00. The minimum Gasteiger partial charge on any atom is -0.508 e. The number of nitrogens with zero attached hydrogens (tertiary/aromatic N) is 2. The topological polar surface area (TPSA) is 62.1 Å². The predicted octanol–water partition coefficient (Wildman–Crippen LogP) is 3.49. The lowest BCUT2D eigenvalue weighted by atomic mass is 9.98. The maximum atomic E-state index is 12.3. The molecule has 0 aliphatic carbocycles. The maximum Gasteiger partial charge on any atom is 0.242 e. The lowest BCUT2D eigenvalue weighted by Gasteiger charge is -2.21. The molecule has 2 aromatic carbocycles. The van der Waals surface area contributed by atoms with Gasteiger partial charge in [-0.3, -0.25) is 4.79 Å². The molecule has 0 saturated carbocycles. The van der Waals surface area contributed by atoms with Crippen LogP contribution in [0.2, 0.25) is 0 Å². The number of phenols is 1. The summed E-state index contributed by atoms with van der Waals surface area (Å²) in [6, 6.07) is 14.5. The van der Waals surface area contributed by atoms with Crippen LogP contribution in [0.4, 0.5) is 0 Å². The second kappa shape index (κ2) is 6.74. The van der Waals surface area contributed by atoms with Crippen molar-refractivity contribution in [3.05, 3.63) is 59.7 Å². The van der Waals surface area contributed by atoms with E-state index in [-0.39, 0.29) is 17.7 Å². The molecule has 2 aromatic rings. The van der Waals surface area contributed by atoms with E-state index in [0.717, 1.165) is 22.6 Å². The van der Waals surface area contributed by atoms with Crippen LogP contribution < -0.4 is 4.74 Å². The van der Waals surface area contributed by atoms with Gasteiger partial charge >= 0.3 is 0 Å². The molecule has 0 radical (unpaired) electrons. The highest BCUT2D eigenvalue weighted by molar-refractivity contribution is 6.03. The first kappa shape index (κ1) is 16.1. The van der Waals surface area contributed by atoms with Crippen LogP contribution in [0.1, 0.15) is 36.9 Å². The van der Waals surface area contributed by atoms with E-state index < -0.39 is 0 Å². The number of hydrogen-bond acceptors (Lipinski definition) is 4. The Morgan fingerprint density at radius 3 is 2.67 bits per heavy atom. The largest absolute Gasteiger partial charge is 0.508 e. The molecular formula is C19H20N2O3. The molecule has 1 aliphatic heterocycles. The van der Waals surface area contributed by atoms with Gasteiger partial charge in [0.1, 0.15) is 11.5 Å². The summed E-state index contributed by atoms with van der Waals surface area (Å²) < 4.78 is 5.19. The van der Waals surface area contributed by atoms with Crippen molar-refractivity contribution in [2.45, 2.75) is 25.8 Å². The number of methoxy groups -OCH3 is 1. The molecule has 1 unspecified atom stereocenters. The van der Waals surface area contributed by atoms with E-state index in [0.29, 0.717) is 12.8 Å². The number of ether oxygens (including phenoxy) is 1. The highest BCUT2D eigenvalue weighted by Crippen LogP contribution is 2.34. The molecule has 0 bridgehead atoms. The summed E-state index contributed by atoms with van der Waals surface area (Å²) in [5.74, 6) is 0.946. The van der Waals surface area contributed by atoms with Crippen LogP contribution in [0.15, 0.2) is 53.6 Å². The van der Waals surface area contributed by atoms with Gasteiger partial charge in [0, 0.05) is 18.4 Å². The number of benzene rings is 2. The van der Waals surface area contributed by atoms with Gasteiger partial charge < -0.3 is 9.84 Å². The van der Waals surface area contributed by atoms with Gasteiger partial charge in [0.2, 0.25) is 5.91 Å². The molecule has 1 amide bonds. The maximum absolute atomic E-state index is 12.3. The Hall–Kier alpha value is -2.82. The molecule has 0 aromatic heterocycles. The molecule has 124 valence electrons. The number of aromatic hydroxyl groups is 1. The van der Waals surface area contributed by atoms with Crippen LogP contribution in [0, 0.1) is 0 Å². The molecule has 3 rings (SSSR count). The minimum absolute atomic E-state index is 0.0222. The van der Waals surface area contributed by atoms with Gasteiger partial charge in [-0.15, -0.1) is 0 Å². The number of hydrogen-bond donors (Lipinski definition) is 1. The lowest BCUT2D eigenvalue weighted by Crippen LogP contribution is -2.26. The van der Waals surface area contributed by atoms with E-state index in [1.165, 1.54) is 0 Å². The Morgan fingerprint density at radius 2 is 2.04 bits per heavy atom. The van der Waals surface area contributed by atoms with Crippen LogP contribution in [0.25, 0.3) is 0 Å². The van der Waals surface area contributed by atoms with Crippen LogP contribution in [-0.2, 0) is 4.79 Å². The van der Waals surface area contributed by atoms with Gasteiger partial charge in [-0.25, -0.2) is 5.01 Å². The van der Waals surface area contributed by atoms with E-state index >= 15 is 0 Å². The third-order valence-corrected chi connectivity index (χ3v) is 4.15. The van der Waals surface area contributed by atoms with Gasteiger partial charge in [-0.2, -0.15) is 5.10 Å². The fourth-order valence-corrected chi connectivity index (χ4v) is 2.85. The van der Waals surface area contributed by atoms with E-state index in [1.807, 2.05) is 37.3 Å². The number of phenolic OH excluding ortho intramolecular Hbond substituents is 1. The highest BCUT2D eigenvalue weighted by atomic mass is 16.5. The molecule has 24 heavy (non-hydrogen) atoms. The molecule has 0 fully saturated rings. The van der Waals surface area contributed by atoms with Crippen LogP contribution in [-0.4, -0.2) is 28.8 Å². The van der Waals surface area contributed by atoms with Crippen molar-refractivity contribution in [1.29, 1.82) is 0 Å². The molecule has 1 atom stereocenters. The van der Waals surface area contributed by atoms with Gasteiger partial charge in [0.15, 0.2) is 0 Å². The summed E-state index contributed by atoms with van der Waals surface area (Å²) in [7, 11) is 1.63. The first-order valence-corrected chi connectivity index (χ1v) is 7.95. The smallest absolute Gasteiger partial charge is 0.242 e. The van der Waals surface area contributed by atoms with Crippen LogP contribution in [0.5, 0.6) is 11.5 Å². The van der Waals surface area contributed by atoms with Gasteiger partial charge in [0.25, 0.3) is 0 Å². The number of hydrazone groups is 1. The molecule has 5 nitrogen and oxygen atoms in total. The summed E-state index contributed by atoms with van der Waals surface area (Å²) in [5, 5.41) is 15.8. The molecule has 0 saturated heterocycles. The first-order valence-electron chi connectivity index (χ1n) is 7.95. The Bertz CT molecular complexity index is 768. The summed E-state index contributed by atoms with van der Waals surface area (Å²) >= 11 is 0. The Balaban J connectivity index is 1.93. The van der Waals surface area contributed by atoms with Crippen LogP contribution in [0.3, 0.4) is 0 Å². The van der Waals surface area contributed by atoms with Crippen molar-refractivity contribution >= 4 is 11.6 Å². The van der Waals surface area contributed by atoms with E-state index in [4.69, 9.17) is 4.74 Å². The monoisotopic (exact) mass is 324 g/mol. The number of carbonyl (C=O) groups excluding carboxylic acids is 1. The SMILES string of the molecule is CCC(=O)N1N=C(c2cccc(O)c2)CC1c1ccc(OC)cc1. The minimum atomic E-state index is -0.138. The first-order chi connectivity index (χ1) is 11.6. The fourth-order valence-electron chi connectivity index (χ4n) is 2.85. The zero-order chi connectivity index (χ0) is 17.1. The second-order valence-electron chi connectivity index (χ2n) is 5.68. The Labute approximate surface area is 141 Å². The van der Waals surface area contributed by atoms with Gasteiger partial charge in [0.05, 0.1) is 18.9 Å². The van der Waals surface area contributed by atoms with Crippen molar-refractivity contribution < 1.29 is 14.6 Å². The molecule has 1 N–H and O–H groups in total. The van der Waals surface area contributed by atoms with Gasteiger partial charge in [-0.05, 0) is 29.8 Å². The molecular weight excluding hydrogens is 304 g/mol. The normalized spacial score (nSPS) is 16.8. The van der Waals surface area contributed by atoms with Crippen molar-refractivity contribution in [3.8, 4) is 11.5 Å². The summed E-state index contributed by atoms with van der Waals surface area (Å²) in [6.45, 7) is 1.83. The van der Waals surface area contributed by atoms with Crippen molar-refractivity contribution in [3.63, 3.8) is 0 Å². The Morgan fingerprint density at radius 1 is 1.29 bits per heavy atom. The van der Waals surface area contributed by atoms with Crippen molar-refractivity contribution in [1.82, 2.24) is 5.01 Å². The molecule has 1 aliphatic rings. The molecule has 5 heteroatoms. The van der Waals surface area contributed by atoms with Gasteiger partial charge in [-0.1, -0.05) is 31.2 Å². The fraction of sp³-hybridized carbons (Fsp3) is 0.263. The molecule has 0 spiro atoms. The standard InChI is InChI=1S/C19H20N2O3/c1-3-19(23)21-18(13-7-9-16(24-2)10-8-13)12-17(20-21)14-5-4-6-15(22)11-14/h4-11,18,22H,3,12H2,1-2H3. The lowest BCUT2D eigenvalue weighted by molar-refractivity contribution is -0.132. The number of amides is 1. The average molecular weight is 324 g/mol.